The average molecular weight is 345 g/mol. The summed E-state index contributed by atoms with van der Waals surface area (Å²) >= 11 is 1.38. The van der Waals surface area contributed by atoms with Gasteiger partial charge in [0.2, 0.25) is 0 Å². The molecular formula is C14H12FN7OS. The van der Waals surface area contributed by atoms with Crippen molar-refractivity contribution in [3.8, 4) is 0 Å². The molecule has 5 N–H and O–H groups in total. The summed E-state index contributed by atoms with van der Waals surface area (Å²) in [5.74, 6) is -0.768. The van der Waals surface area contributed by atoms with E-state index in [4.69, 9.17) is 5.73 Å². The summed E-state index contributed by atoms with van der Waals surface area (Å²) in [7, 11) is 0. The van der Waals surface area contributed by atoms with Gasteiger partial charge in [-0.15, -0.1) is 11.3 Å². The maximum Gasteiger partial charge on any atom is 0.272 e. The Balaban J connectivity index is 1.71. The molecule has 0 radical (unpaired) electrons. The van der Waals surface area contributed by atoms with Crippen molar-refractivity contribution in [1.29, 1.82) is 0 Å². The number of carbonyl (C=O) groups is 1. The summed E-state index contributed by atoms with van der Waals surface area (Å²) in [4.78, 5) is 24.0. The zero-order valence-electron chi connectivity index (χ0n) is 12.2. The van der Waals surface area contributed by atoms with Crippen LogP contribution in [0.3, 0.4) is 0 Å². The number of nitrogen functional groups attached to an aromatic ring is 1. The van der Waals surface area contributed by atoms with Crippen molar-refractivity contribution in [3.63, 3.8) is 0 Å². The minimum Gasteiger partial charge on any atom is -0.393 e. The molecule has 0 aliphatic carbocycles. The van der Waals surface area contributed by atoms with Crippen LogP contribution in [-0.4, -0.2) is 20.9 Å². The molecular weight excluding hydrogens is 333 g/mol. The average Bonchev–Trinajstić information content (AvgIpc) is 3.09. The minimum atomic E-state index is -0.652. The highest BCUT2D eigenvalue weighted by Crippen LogP contribution is 2.26. The Hall–Kier alpha value is -3.27. The van der Waals surface area contributed by atoms with Gasteiger partial charge in [0.05, 0.1) is 5.56 Å². The fourth-order valence-electron chi connectivity index (χ4n) is 1.81. The highest BCUT2D eigenvalue weighted by Gasteiger charge is 2.13. The second-order valence-electron chi connectivity index (χ2n) is 4.51. The third kappa shape index (κ3) is 3.38. The lowest BCUT2D eigenvalue weighted by Crippen LogP contribution is -2.31. The first-order chi connectivity index (χ1) is 11.6. The van der Waals surface area contributed by atoms with E-state index in [1.165, 1.54) is 35.9 Å². The van der Waals surface area contributed by atoms with Crippen molar-refractivity contribution in [2.75, 3.05) is 16.5 Å². The van der Waals surface area contributed by atoms with Gasteiger partial charge in [0.25, 0.3) is 5.91 Å². The van der Waals surface area contributed by atoms with Crippen LogP contribution in [0.15, 0.2) is 42.2 Å². The first-order valence-electron chi connectivity index (χ1n) is 6.73. The molecule has 0 unspecified atom stereocenters. The quantitative estimate of drug-likeness (QED) is 0.523. The smallest absolute Gasteiger partial charge is 0.272 e. The van der Waals surface area contributed by atoms with E-state index in [9.17, 15) is 9.18 Å². The van der Waals surface area contributed by atoms with Crippen LogP contribution in [0.4, 0.5) is 26.8 Å². The standard InChI is InChI=1S/C14H12FN7OS/c15-9-4-2-1-3-8(9)13(23)22-21-12-10(16)11(18-7-19-12)20-14-17-5-6-24-14/h1-7H,16H2,(H,22,23)(H2,17,18,19,20,21). The molecule has 0 atom stereocenters. The largest absolute Gasteiger partial charge is 0.393 e. The zero-order valence-corrected chi connectivity index (χ0v) is 13.0. The number of hydrogen-bond donors (Lipinski definition) is 4. The van der Waals surface area contributed by atoms with Crippen LogP contribution >= 0.6 is 11.3 Å². The summed E-state index contributed by atoms with van der Waals surface area (Å²) in [5.41, 5.74) is 10.9. The van der Waals surface area contributed by atoms with E-state index in [1.54, 1.807) is 17.6 Å². The molecule has 0 saturated carbocycles. The summed E-state index contributed by atoms with van der Waals surface area (Å²) in [6, 6.07) is 5.63. The molecule has 2 aromatic heterocycles. The lowest BCUT2D eigenvalue weighted by Gasteiger charge is -2.12. The number of thiazole rings is 1. The van der Waals surface area contributed by atoms with E-state index >= 15 is 0 Å². The van der Waals surface area contributed by atoms with E-state index in [0.717, 1.165) is 0 Å². The third-order valence-corrected chi connectivity index (χ3v) is 3.64. The van der Waals surface area contributed by atoms with E-state index < -0.39 is 11.7 Å². The molecule has 0 saturated heterocycles. The highest BCUT2D eigenvalue weighted by molar-refractivity contribution is 7.13. The number of nitrogens with one attached hydrogen (secondary N) is 3. The molecule has 0 aliphatic heterocycles. The Bertz CT molecular complexity index is 856. The monoisotopic (exact) mass is 345 g/mol. The molecule has 8 nitrogen and oxygen atoms in total. The third-order valence-electron chi connectivity index (χ3n) is 2.95. The van der Waals surface area contributed by atoms with Crippen LogP contribution in [-0.2, 0) is 0 Å². The molecule has 0 fully saturated rings. The Morgan fingerprint density at radius 1 is 1.17 bits per heavy atom. The van der Waals surface area contributed by atoms with Crippen LogP contribution in [0, 0.1) is 5.82 Å². The normalized spacial score (nSPS) is 10.2. The van der Waals surface area contributed by atoms with Crippen molar-refractivity contribution in [1.82, 2.24) is 20.4 Å². The Kier molecular flexibility index (Phi) is 4.47. The molecule has 2 heterocycles. The number of hydrogen-bond acceptors (Lipinski definition) is 8. The lowest BCUT2D eigenvalue weighted by atomic mass is 10.2. The van der Waals surface area contributed by atoms with Crippen LogP contribution in [0.2, 0.25) is 0 Å². The van der Waals surface area contributed by atoms with E-state index in [2.05, 4.69) is 31.1 Å². The van der Waals surface area contributed by atoms with E-state index in [0.29, 0.717) is 10.9 Å². The van der Waals surface area contributed by atoms with Gasteiger partial charge in [-0.2, -0.15) is 0 Å². The summed E-state index contributed by atoms with van der Waals surface area (Å²) in [6.45, 7) is 0. The van der Waals surface area contributed by atoms with Crippen molar-refractivity contribution in [2.45, 2.75) is 0 Å². The molecule has 3 rings (SSSR count). The van der Waals surface area contributed by atoms with Gasteiger partial charge in [-0.3, -0.25) is 15.6 Å². The number of nitrogens with zero attached hydrogens (tertiary/aromatic N) is 3. The Morgan fingerprint density at radius 3 is 2.71 bits per heavy atom. The fourth-order valence-corrected chi connectivity index (χ4v) is 2.34. The first kappa shape index (κ1) is 15.6. The lowest BCUT2D eigenvalue weighted by molar-refractivity contribution is 0.0958. The molecule has 3 aromatic rings. The number of benzene rings is 1. The number of anilines is 4. The van der Waals surface area contributed by atoms with Crippen LogP contribution < -0.4 is 21.9 Å². The van der Waals surface area contributed by atoms with Crippen LogP contribution in [0.1, 0.15) is 10.4 Å². The predicted molar refractivity (Wildman–Crippen MR) is 89.3 cm³/mol. The number of aromatic nitrogens is 3. The number of carbonyl (C=O) groups excluding carboxylic acids is 1. The number of hydrazine groups is 1. The first-order valence-corrected chi connectivity index (χ1v) is 7.61. The Morgan fingerprint density at radius 2 is 1.96 bits per heavy atom. The Labute approximate surface area is 139 Å². The maximum atomic E-state index is 13.6. The molecule has 10 heteroatoms. The topological polar surface area (TPSA) is 118 Å². The van der Waals surface area contributed by atoms with E-state index in [1.807, 2.05) is 0 Å². The minimum absolute atomic E-state index is 0.0984. The maximum absolute atomic E-state index is 13.6. The van der Waals surface area contributed by atoms with Gasteiger partial charge in [-0.1, -0.05) is 12.1 Å². The molecule has 1 amide bonds. The molecule has 0 aliphatic rings. The van der Waals surface area contributed by atoms with Gasteiger partial charge < -0.3 is 11.1 Å². The zero-order chi connectivity index (χ0) is 16.9. The van der Waals surface area contributed by atoms with Crippen molar-refractivity contribution in [2.24, 2.45) is 0 Å². The summed E-state index contributed by atoms with van der Waals surface area (Å²) in [6.07, 6.45) is 2.90. The molecule has 1 aromatic carbocycles. The predicted octanol–water partition coefficient (Wildman–Crippen LogP) is 2.15. The molecule has 0 bridgehead atoms. The molecule has 122 valence electrons. The molecule has 0 spiro atoms. The van der Waals surface area contributed by atoms with Crippen molar-refractivity contribution < 1.29 is 9.18 Å². The summed E-state index contributed by atoms with van der Waals surface area (Å²) in [5, 5.41) is 5.35. The van der Waals surface area contributed by atoms with Crippen molar-refractivity contribution in [3.05, 3.63) is 53.6 Å². The second-order valence-corrected chi connectivity index (χ2v) is 5.40. The van der Waals surface area contributed by atoms with Crippen LogP contribution in [0.5, 0.6) is 0 Å². The van der Waals surface area contributed by atoms with Gasteiger partial charge >= 0.3 is 0 Å². The SMILES string of the molecule is Nc1c(NNC(=O)c2ccccc2F)ncnc1Nc1nccs1. The number of halogens is 1. The van der Waals surface area contributed by atoms with Crippen LogP contribution in [0.25, 0.3) is 0 Å². The second kappa shape index (κ2) is 6.87. The number of rotatable bonds is 5. The highest BCUT2D eigenvalue weighted by atomic mass is 32.1. The number of nitrogens with two attached hydrogens (primary N) is 1. The van der Waals surface area contributed by atoms with Gasteiger partial charge in [-0.25, -0.2) is 19.3 Å². The van der Waals surface area contributed by atoms with Crippen molar-refractivity contribution >= 4 is 39.7 Å². The van der Waals surface area contributed by atoms with Gasteiger partial charge in [-0.05, 0) is 12.1 Å². The number of amides is 1. The fraction of sp³-hybridized carbons (Fsp3) is 0. The van der Waals surface area contributed by atoms with Gasteiger partial charge in [0.1, 0.15) is 17.8 Å². The van der Waals surface area contributed by atoms with E-state index in [-0.39, 0.29) is 17.1 Å². The van der Waals surface area contributed by atoms with Gasteiger partial charge in [0, 0.05) is 11.6 Å². The van der Waals surface area contributed by atoms with Gasteiger partial charge in [0.15, 0.2) is 16.8 Å². The molecule has 24 heavy (non-hydrogen) atoms. The summed E-state index contributed by atoms with van der Waals surface area (Å²) < 4.78 is 13.6.